The SMILES string of the molecule is CC[C@H](C)[C@H](NN)C(=O)N[C@@H](CC(C)C)C(=O)N[C@H](C(=O)N[C@H](C(=O)O)C(C)C)[C@@H](C)O.C[C@H](N)C(=O)N[C@@H](C)C(=O)C(=O)CNC1(F)CCCCCC=C1N=N. The zero-order valence-corrected chi connectivity index (χ0v) is 34.7. The van der Waals surface area contributed by atoms with Gasteiger partial charge in [0.05, 0.1) is 24.7 Å². The van der Waals surface area contributed by atoms with Crippen molar-refractivity contribution in [3.05, 3.63) is 11.8 Å². The van der Waals surface area contributed by atoms with Crippen molar-refractivity contribution in [2.24, 2.45) is 34.4 Å². The fourth-order valence-electron chi connectivity index (χ4n) is 5.61. The molecule has 0 bridgehead atoms. The van der Waals surface area contributed by atoms with E-state index in [-0.39, 0.29) is 30.4 Å². The molecule has 19 nitrogen and oxygen atoms in total. The number of hydrogen-bond donors (Lipinski definition) is 11. The lowest BCUT2D eigenvalue weighted by atomic mass is 9.97. The van der Waals surface area contributed by atoms with Crippen molar-refractivity contribution in [1.82, 2.24) is 32.0 Å². The van der Waals surface area contributed by atoms with E-state index < -0.39 is 102 Å². The molecule has 13 N–H and O–H groups in total. The van der Waals surface area contributed by atoms with Gasteiger partial charge in [0.1, 0.15) is 29.9 Å². The quantitative estimate of drug-likeness (QED) is 0.0235. The van der Waals surface area contributed by atoms with E-state index in [9.17, 15) is 43.8 Å². The average Bonchev–Trinajstić information content (AvgIpc) is 3.12. The third-order valence-corrected chi connectivity index (χ3v) is 9.37. The molecule has 326 valence electrons. The highest BCUT2D eigenvalue weighted by Gasteiger charge is 2.37. The van der Waals surface area contributed by atoms with Gasteiger partial charge in [0.25, 0.3) is 0 Å². The van der Waals surface area contributed by atoms with Crippen molar-refractivity contribution in [3.63, 3.8) is 0 Å². The normalized spacial score (nSPS) is 19.9. The van der Waals surface area contributed by atoms with Gasteiger partial charge in [-0.15, -0.1) is 0 Å². The maximum Gasteiger partial charge on any atom is 0.326 e. The molecule has 0 aliphatic heterocycles. The highest BCUT2D eigenvalue weighted by Crippen LogP contribution is 2.30. The second-order valence-corrected chi connectivity index (χ2v) is 15.3. The monoisotopic (exact) mass is 815 g/mol. The Morgan fingerprint density at radius 2 is 1.44 bits per heavy atom. The number of alkyl halides is 1. The third kappa shape index (κ3) is 18.3. The zero-order valence-electron chi connectivity index (χ0n) is 34.7. The van der Waals surface area contributed by atoms with E-state index >= 15 is 4.39 Å². The molecule has 0 aromatic carbocycles. The molecule has 0 aromatic heterocycles. The number of ketones is 2. The van der Waals surface area contributed by atoms with Crippen molar-refractivity contribution in [2.75, 3.05) is 6.54 Å². The maximum atomic E-state index is 15.1. The molecule has 1 rings (SSSR count). The number of amides is 4. The predicted octanol–water partition coefficient (Wildman–Crippen LogP) is 0.597. The fourth-order valence-corrected chi connectivity index (χ4v) is 5.61. The fraction of sp³-hybridized carbons (Fsp3) is 0.757. The number of aliphatic hydroxyl groups excluding tert-OH is 1. The van der Waals surface area contributed by atoms with Gasteiger partial charge in [-0.25, -0.2) is 20.1 Å². The predicted molar refractivity (Wildman–Crippen MR) is 209 cm³/mol. The summed E-state index contributed by atoms with van der Waals surface area (Å²) in [6.07, 6.45) is 4.20. The molecule has 0 spiro atoms. The van der Waals surface area contributed by atoms with E-state index in [2.05, 4.69) is 37.1 Å². The number of Topliss-reactive ketones (excluding diaryl/α,β-unsaturated/α-hetero) is 2. The number of carbonyl (C=O) groups excluding carboxylic acids is 6. The Hall–Kier alpha value is -4.24. The van der Waals surface area contributed by atoms with Crippen molar-refractivity contribution >= 4 is 41.2 Å². The van der Waals surface area contributed by atoms with E-state index in [1.54, 1.807) is 13.8 Å². The Balaban J connectivity index is 0.00000113. The summed E-state index contributed by atoms with van der Waals surface area (Å²) >= 11 is 0. The number of carboxylic acid groups (broad SMARTS) is 1. The molecular weight excluding hydrogens is 747 g/mol. The molecule has 1 aliphatic carbocycles. The number of carbonyl (C=O) groups is 7. The molecule has 0 saturated carbocycles. The zero-order chi connectivity index (χ0) is 44.2. The standard InChI is InChI=1S/C21H41N5O6.C16H26FN5O3/c1-8-12(6)16(26-22)19(29)23-14(9-10(2)3)18(28)25-17(13(7)27)20(30)24-15(11(4)5)21(31)32;1-10(18)15(25)21-11(2)14(24)12(23)9-20-16(17)8-6-4-3-5-7-13(16)22-19/h10-17,26-27H,8-9,22H2,1-7H3,(H,23,29)(H,24,30)(H,25,28)(H,31,32);7,10-11,19-20H,3-6,8-9,18H2,1-2H3,(H,21,25)/t12-,13+,14-,15-,16-,17-;10-,11-,16?/m00/s1. The lowest BCUT2D eigenvalue weighted by molar-refractivity contribution is -0.144. The molecule has 9 atom stereocenters. The Morgan fingerprint density at radius 3 is 1.91 bits per heavy atom. The van der Waals surface area contributed by atoms with E-state index in [4.69, 9.17) is 17.1 Å². The third-order valence-electron chi connectivity index (χ3n) is 9.37. The maximum absolute atomic E-state index is 15.1. The Kier molecular flexibility index (Phi) is 24.0. The molecule has 0 saturated heterocycles. The summed E-state index contributed by atoms with van der Waals surface area (Å²) < 4.78 is 15.1. The van der Waals surface area contributed by atoms with Gasteiger partial charge < -0.3 is 37.2 Å². The molecule has 0 heterocycles. The number of nitrogens with two attached hydrogens (primary N) is 2. The van der Waals surface area contributed by atoms with Gasteiger partial charge in [-0.1, -0.05) is 60.5 Å². The van der Waals surface area contributed by atoms with E-state index in [0.29, 0.717) is 19.3 Å². The van der Waals surface area contributed by atoms with Gasteiger partial charge in [0.2, 0.25) is 41.0 Å². The Labute approximate surface area is 334 Å². The Bertz CT molecular complexity index is 1410. The molecule has 4 amide bonds. The summed E-state index contributed by atoms with van der Waals surface area (Å²) in [5, 5.41) is 34.8. The minimum absolute atomic E-state index is 0.0371. The highest BCUT2D eigenvalue weighted by molar-refractivity contribution is 6.40. The summed E-state index contributed by atoms with van der Waals surface area (Å²) in [6, 6.07) is -6.11. The number of carboxylic acids is 1. The van der Waals surface area contributed by atoms with Crippen LogP contribution in [0.3, 0.4) is 0 Å². The van der Waals surface area contributed by atoms with Crippen LogP contribution in [0.25, 0.3) is 0 Å². The average molecular weight is 815 g/mol. The molecule has 1 aliphatic rings. The molecule has 20 heteroatoms. The first-order valence-electron chi connectivity index (χ1n) is 19.4. The van der Waals surface area contributed by atoms with E-state index in [1.807, 2.05) is 27.7 Å². The smallest absolute Gasteiger partial charge is 0.326 e. The molecular formula is C37H67FN10O9. The van der Waals surface area contributed by atoms with Gasteiger partial charge in [-0.2, -0.15) is 5.11 Å². The van der Waals surface area contributed by atoms with Crippen LogP contribution in [0.2, 0.25) is 0 Å². The number of nitrogens with one attached hydrogen (secondary N) is 7. The van der Waals surface area contributed by atoms with Crippen molar-refractivity contribution in [1.29, 1.82) is 5.53 Å². The van der Waals surface area contributed by atoms with Crippen LogP contribution >= 0.6 is 0 Å². The Morgan fingerprint density at radius 1 is 0.860 bits per heavy atom. The number of aliphatic hydroxyl groups is 1. The number of nitrogens with zero attached hydrogens (tertiary/aromatic N) is 1. The summed E-state index contributed by atoms with van der Waals surface area (Å²) in [7, 11) is 0. The molecule has 0 aromatic rings. The minimum atomic E-state index is -2.11. The topological polar surface area (TPSA) is 320 Å². The molecule has 0 fully saturated rings. The second-order valence-electron chi connectivity index (χ2n) is 15.3. The van der Waals surface area contributed by atoms with Crippen LogP contribution in [0.4, 0.5) is 4.39 Å². The number of halogens is 1. The summed E-state index contributed by atoms with van der Waals surface area (Å²) in [4.78, 5) is 85.2. The van der Waals surface area contributed by atoms with E-state index in [0.717, 1.165) is 12.8 Å². The molecule has 1 unspecified atom stereocenters. The first-order valence-corrected chi connectivity index (χ1v) is 19.4. The van der Waals surface area contributed by atoms with Crippen molar-refractivity contribution in [3.8, 4) is 0 Å². The first kappa shape index (κ1) is 52.8. The van der Waals surface area contributed by atoms with Gasteiger partial charge in [-0.3, -0.25) is 39.9 Å². The minimum Gasteiger partial charge on any atom is -0.480 e. The van der Waals surface area contributed by atoms with Crippen LogP contribution < -0.4 is 43.6 Å². The van der Waals surface area contributed by atoms with E-state index in [1.165, 1.54) is 26.8 Å². The largest absolute Gasteiger partial charge is 0.480 e. The van der Waals surface area contributed by atoms with Gasteiger partial charge >= 0.3 is 5.97 Å². The first-order chi connectivity index (χ1) is 26.5. The lowest BCUT2D eigenvalue weighted by Gasteiger charge is -2.29. The van der Waals surface area contributed by atoms with Crippen LogP contribution in [0.1, 0.15) is 107 Å². The number of rotatable bonds is 22. The molecule has 57 heavy (non-hydrogen) atoms. The number of allylic oxidation sites excluding steroid dienone is 1. The van der Waals surface area contributed by atoms with Crippen LogP contribution in [0.15, 0.2) is 16.9 Å². The number of hydrazine groups is 1. The second kappa shape index (κ2) is 25.9. The lowest BCUT2D eigenvalue weighted by Crippen LogP contribution is -2.61. The highest BCUT2D eigenvalue weighted by atomic mass is 19.1. The number of hydrogen-bond acceptors (Lipinski definition) is 14. The molecule has 0 radical (unpaired) electrons. The van der Waals surface area contributed by atoms with Gasteiger partial charge in [0.15, 0.2) is 0 Å². The van der Waals surface area contributed by atoms with Crippen molar-refractivity contribution in [2.45, 2.75) is 155 Å². The summed E-state index contributed by atoms with van der Waals surface area (Å²) in [6.45, 7) is 14.4. The van der Waals surface area contributed by atoms with Crippen LogP contribution in [0, 0.1) is 23.3 Å². The number of aliphatic carboxylic acids is 1. The summed E-state index contributed by atoms with van der Waals surface area (Å²) in [5.41, 5.74) is 14.9. The van der Waals surface area contributed by atoms with Gasteiger partial charge in [-0.05, 0) is 64.2 Å². The van der Waals surface area contributed by atoms with Crippen LogP contribution in [-0.4, -0.2) is 106 Å². The van der Waals surface area contributed by atoms with Crippen molar-refractivity contribution < 1.29 is 48.2 Å². The van der Waals surface area contributed by atoms with Crippen LogP contribution in [-0.2, 0) is 33.6 Å². The summed E-state index contributed by atoms with van der Waals surface area (Å²) in [5.74, 6) is -2.48. The van der Waals surface area contributed by atoms with Gasteiger partial charge in [0, 0.05) is 6.42 Å². The van der Waals surface area contributed by atoms with Crippen LogP contribution in [0.5, 0.6) is 0 Å².